The average Bonchev–Trinajstić information content (AvgIpc) is 3.36. The number of hydrogen-bond donors (Lipinski definition) is 3. The van der Waals surface area contributed by atoms with Gasteiger partial charge in [0.15, 0.2) is 0 Å². The molecule has 12 heteroatoms. The molecule has 2 bridgehead atoms. The van der Waals surface area contributed by atoms with Gasteiger partial charge in [0.1, 0.15) is 17.4 Å². The molecular formula is C21H27F3N8O. The van der Waals surface area contributed by atoms with Crippen molar-refractivity contribution in [2.24, 2.45) is 0 Å². The number of aromatic nitrogens is 4. The summed E-state index contributed by atoms with van der Waals surface area (Å²) in [5.41, 5.74) is 0.349. The van der Waals surface area contributed by atoms with Crippen LogP contribution in [0, 0.1) is 6.92 Å². The number of rotatable bonds is 5. The summed E-state index contributed by atoms with van der Waals surface area (Å²) >= 11 is 0. The van der Waals surface area contributed by atoms with Crippen LogP contribution in [-0.2, 0) is 11.0 Å². The number of nitrogens with one attached hydrogen (secondary N) is 3. The number of carbonyl (C=O) groups excluding carboxylic acids is 1. The Balaban J connectivity index is 1.37. The third-order valence-corrected chi connectivity index (χ3v) is 7.06. The molecule has 2 aromatic rings. The number of nitrogens with zero attached hydrogens (tertiary/aromatic N) is 5. The molecule has 3 atom stereocenters. The number of hydrogen-bond acceptors (Lipinski definition) is 7. The highest BCUT2D eigenvalue weighted by atomic mass is 19.4. The molecule has 3 unspecified atom stereocenters. The minimum absolute atomic E-state index is 0.00926. The number of fused-ring (bicyclic) bond motifs is 2. The van der Waals surface area contributed by atoms with Crippen molar-refractivity contribution in [2.75, 3.05) is 24.2 Å². The molecule has 3 aliphatic heterocycles. The minimum Gasteiger partial charge on any atom is -0.358 e. The van der Waals surface area contributed by atoms with Gasteiger partial charge in [-0.25, -0.2) is 4.98 Å². The number of alkyl halides is 3. The van der Waals surface area contributed by atoms with Crippen LogP contribution in [0.4, 0.5) is 30.6 Å². The lowest BCUT2D eigenvalue weighted by Crippen LogP contribution is -2.40. The molecule has 0 radical (unpaired) electrons. The van der Waals surface area contributed by atoms with Gasteiger partial charge < -0.3 is 20.9 Å². The van der Waals surface area contributed by atoms with Gasteiger partial charge in [-0.2, -0.15) is 23.3 Å². The third kappa shape index (κ3) is 4.23. The summed E-state index contributed by atoms with van der Waals surface area (Å²) in [5, 5.41) is 12.9. The Morgan fingerprint density at radius 3 is 2.52 bits per heavy atom. The SMILES string of the molecule is Cc1nn(C2CC3CCC(C2)N3C)cc1Nc1ncc(C(F)(F)F)c(NC2CCNC2=O)n1. The Kier molecular flexibility index (Phi) is 5.42. The Hall–Kier alpha value is -2.89. The van der Waals surface area contributed by atoms with Crippen LogP contribution in [0.1, 0.15) is 49.4 Å². The first kappa shape index (κ1) is 21.9. The second kappa shape index (κ2) is 8.15. The van der Waals surface area contributed by atoms with E-state index in [1.165, 1.54) is 12.8 Å². The molecule has 3 aliphatic rings. The van der Waals surface area contributed by atoms with Gasteiger partial charge >= 0.3 is 6.18 Å². The van der Waals surface area contributed by atoms with Crippen molar-refractivity contribution in [3.8, 4) is 0 Å². The van der Waals surface area contributed by atoms with Crippen molar-refractivity contribution in [3.05, 3.63) is 23.7 Å². The van der Waals surface area contributed by atoms with Crippen LogP contribution in [0.15, 0.2) is 12.4 Å². The Bertz CT molecular complexity index is 1040. The van der Waals surface area contributed by atoms with Crippen LogP contribution in [0.5, 0.6) is 0 Å². The van der Waals surface area contributed by atoms with E-state index in [9.17, 15) is 18.0 Å². The molecule has 0 saturated carbocycles. The fourth-order valence-electron chi connectivity index (χ4n) is 5.17. The first-order valence-corrected chi connectivity index (χ1v) is 11.2. The second-order valence-corrected chi connectivity index (χ2v) is 9.14. The standard InChI is InChI=1S/C21H27F3N8O/c1-11-17(10-32(30-11)14-7-12-3-4-13(8-14)31(12)2)28-20-26-9-15(21(22,23)24)18(29-20)27-16-5-6-25-19(16)33/h9-10,12-14,16H,3-8H2,1-2H3,(H,25,33)(H2,26,27,28,29). The van der Waals surface area contributed by atoms with E-state index in [4.69, 9.17) is 0 Å². The largest absolute Gasteiger partial charge is 0.421 e. The molecule has 5 rings (SSSR count). The van der Waals surface area contributed by atoms with Gasteiger partial charge in [-0.1, -0.05) is 0 Å². The molecule has 2 aromatic heterocycles. The van der Waals surface area contributed by atoms with Gasteiger partial charge in [-0.3, -0.25) is 9.48 Å². The second-order valence-electron chi connectivity index (χ2n) is 9.14. The van der Waals surface area contributed by atoms with Crippen molar-refractivity contribution >= 4 is 23.4 Å². The molecule has 0 aromatic carbocycles. The lowest BCUT2D eigenvalue weighted by atomic mass is 9.98. The first-order valence-electron chi connectivity index (χ1n) is 11.2. The summed E-state index contributed by atoms with van der Waals surface area (Å²) in [6, 6.07) is 0.654. The average molecular weight is 464 g/mol. The summed E-state index contributed by atoms with van der Waals surface area (Å²) in [6.07, 6.45) is 2.82. The van der Waals surface area contributed by atoms with Crippen molar-refractivity contribution in [2.45, 2.75) is 69.4 Å². The summed E-state index contributed by atoms with van der Waals surface area (Å²) in [6.45, 7) is 2.25. The van der Waals surface area contributed by atoms with Gasteiger partial charge in [0.2, 0.25) is 11.9 Å². The molecule has 3 fully saturated rings. The minimum atomic E-state index is -4.65. The highest BCUT2D eigenvalue weighted by Gasteiger charge is 2.40. The van der Waals surface area contributed by atoms with Crippen LogP contribution in [0.3, 0.4) is 0 Å². The van der Waals surface area contributed by atoms with E-state index in [0.717, 1.165) is 24.7 Å². The molecule has 0 aliphatic carbocycles. The summed E-state index contributed by atoms with van der Waals surface area (Å²) in [4.78, 5) is 22.3. The van der Waals surface area contributed by atoms with E-state index in [-0.39, 0.29) is 11.9 Å². The van der Waals surface area contributed by atoms with Crippen LogP contribution in [-0.4, -0.2) is 62.3 Å². The molecule has 1 amide bonds. The predicted molar refractivity (Wildman–Crippen MR) is 115 cm³/mol. The first-order chi connectivity index (χ1) is 15.7. The van der Waals surface area contributed by atoms with Crippen LogP contribution >= 0.6 is 0 Å². The summed E-state index contributed by atoms with van der Waals surface area (Å²) in [5.74, 6) is -0.755. The number of carbonyl (C=O) groups is 1. The number of aryl methyl sites for hydroxylation is 1. The Morgan fingerprint density at radius 1 is 1.15 bits per heavy atom. The Morgan fingerprint density at radius 2 is 1.88 bits per heavy atom. The van der Waals surface area contributed by atoms with Crippen molar-refractivity contribution in [1.82, 2.24) is 30.0 Å². The molecule has 178 valence electrons. The molecule has 5 heterocycles. The predicted octanol–water partition coefficient (Wildman–Crippen LogP) is 2.84. The molecule has 3 saturated heterocycles. The fourth-order valence-corrected chi connectivity index (χ4v) is 5.17. The maximum atomic E-state index is 13.5. The molecular weight excluding hydrogens is 437 g/mol. The number of piperidine rings is 1. The number of halogens is 3. The quantitative estimate of drug-likeness (QED) is 0.626. The molecule has 3 N–H and O–H groups in total. The third-order valence-electron chi connectivity index (χ3n) is 7.06. The molecule has 33 heavy (non-hydrogen) atoms. The van der Waals surface area contributed by atoms with Crippen molar-refractivity contribution in [1.29, 1.82) is 0 Å². The summed E-state index contributed by atoms with van der Waals surface area (Å²) < 4.78 is 42.4. The lowest BCUT2D eigenvalue weighted by molar-refractivity contribution is -0.137. The van der Waals surface area contributed by atoms with E-state index in [2.05, 4.69) is 43.0 Å². The van der Waals surface area contributed by atoms with E-state index < -0.39 is 23.6 Å². The van der Waals surface area contributed by atoms with Gasteiger partial charge in [0.05, 0.1) is 17.4 Å². The van der Waals surface area contributed by atoms with Gasteiger partial charge in [-0.05, 0) is 46.1 Å². The van der Waals surface area contributed by atoms with Gasteiger partial charge in [-0.15, -0.1) is 0 Å². The zero-order valence-corrected chi connectivity index (χ0v) is 18.5. The van der Waals surface area contributed by atoms with E-state index >= 15 is 0 Å². The maximum absolute atomic E-state index is 13.5. The van der Waals surface area contributed by atoms with Crippen molar-refractivity contribution in [3.63, 3.8) is 0 Å². The van der Waals surface area contributed by atoms with Gasteiger partial charge in [0.25, 0.3) is 0 Å². The summed E-state index contributed by atoms with van der Waals surface area (Å²) in [7, 11) is 2.18. The monoisotopic (exact) mass is 464 g/mol. The Labute approximate surface area is 189 Å². The fraction of sp³-hybridized carbons (Fsp3) is 0.619. The van der Waals surface area contributed by atoms with Gasteiger partial charge in [0, 0.05) is 31.0 Å². The van der Waals surface area contributed by atoms with Crippen molar-refractivity contribution < 1.29 is 18.0 Å². The smallest absolute Gasteiger partial charge is 0.358 e. The van der Waals surface area contributed by atoms with E-state index in [1.807, 2.05) is 17.8 Å². The van der Waals surface area contributed by atoms with Crippen LogP contribution in [0.2, 0.25) is 0 Å². The molecule has 9 nitrogen and oxygen atoms in total. The van der Waals surface area contributed by atoms with Crippen LogP contribution < -0.4 is 16.0 Å². The van der Waals surface area contributed by atoms with E-state index in [0.29, 0.717) is 36.8 Å². The maximum Gasteiger partial charge on any atom is 0.421 e. The topological polar surface area (TPSA) is 100 Å². The van der Waals surface area contributed by atoms with Crippen LogP contribution in [0.25, 0.3) is 0 Å². The number of amides is 1. The highest BCUT2D eigenvalue weighted by Crippen LogP contribution is 2.40. The zero-order chi connectivity index (χ0) is 23.3. The molecule has 0 spiro atoms. The zero-order valence-electron chi connectivity index (χ0n) is 18.5. The number of anilines is 3. The lowest BCUT2D eigenvalue weighted by Gasteiger charge is -2.36. The highest BCUT2D eigenvalue weighted by molar-refractivity contribution is 5.86. The van der Waals surface area contributed by atoms with E-state index in [1.54, 1.807) is 0 Å². The normalized spacial score (nSPS) is 27.6.